The van der Waals surface area contributed by atoms with Gasteiger partial charge in [0.15, 0.2) is 12.2 Å². The third kappa shape index (κ3) is 7.20. The van der Waals surface area contributed by atoms with Crippen LogP contribution in [0.3, 0.4) is 0 Å². The molecule has 0 bridgehead atoms. The monoisotopic (exact) mass is 729 g/mol. The van der Waals surface area contributed by atoms with E-state index in [1.54, 1.807) is 0 Å². The number of rotatable bonds is 11. The number of hydrogen-bond acceptors (Lipinski definition) is 8. The molecular formula is C44H72O8. The maximum atomic E-state index is 12.4. The minimum Gasteiger partial charge on any atom is -0.462 e. The van der Waals surface area contributed by atoms with Gasteiger partial charge < -0.3 is 18.9 Å². The van der Waals surface area contributed by atoms with Crippen molar-refractivity contribution in [3.63, 3.8) is 0 Å². The van der Waals surface area contributed by atoms with E-state index in [4.69, 9.17) is 18.9 Å². The summed E-state index contributed by atoms with van der Waals surface area (Å²) in [7, 11) is 0. The molecule has 0 saturated heterocycles. The summed E-state index contributed by atoms with van der Waals surface area (Å²) in [5.41, 5.74) is 1.82. The van der Waals surface area contributed by atoms with Gasteiger partial charge in [-0.25, -0.2) is 0 Å². The fraction of sp³-hybridized carbons (Fsp3) is 0.909. The zero-order valence-corrected chi connectivity index (χ0v) is 34.7. The number of ether oxygens (including phenoxy) is 4. The van der Waals surface area contributed by atoms with Gasteiger partial charge in [0, 0.05) is 27.7 Å². The summed E-state index contributed by atoms with van der Waals surface area (Å²) in [5.74, 6) is 2.26. The Labute approximate surface area is 315 Å². The van der Waals surface area contributed by atoms with Gasteiger partial charge >= 0.3 is 23.9 Å². The lowest BCUT2D eigenvalue weighted by Gasteiger charge is -2.74. The van der Waals surface area contributed by atoms with Gasteiger partial charge in [-0.05, 0) is 139 Å². The molecule has 0 N–H and O–H groups in total. The van der Waals surface area contributed by atoms with E-state index in [-0.39, 0.29) is 12.0 Å². The molecule has 0 aromatic rings. The molecule has 8 heteroatoms. The normalized spacial score (nSPS) is 41.4. The molecule has 0 aliphatic heterocycles. The number of carbonyl (C=O) groups is 4. The number of hydrogen-bond donors (Lipinski definition) is 0. The van der Waals surface area contributed by atoms with Crippen LogP contribution in [0.15, 0.2) is 0 Å². The highest BCUT2D eigenvalue weighted by Crippen LogP contribution is 2.79. The summed E-state index contributed by atoms with van der Waals surface area (Å²) in [6, 6.07) is 0. The molecule has 5 aliphatic carbocycles. The highest BCUT2D eigenvalue weighted by Gasteiger charge is 2.71. The Bertz CT molecular complexity index is 1360. The summed E-state index contributed by atoms with van der Waals surface area (Å²) in [6.07, 6.45) is 11.4. The Hall–Kier alpha value is -2.12. The average molecular weight is 729 g/mol. The lowest BCUT2D eigenvalue weighted by Crippen LogP contribution is -2.67. The molecule has 0 aromatic heterocycles. The fourth-order valence-electron chi connectivity index (χ4n) is 14.9. The van der Waals surface area contributed by atoms with Crippen LogP contribution < -0.4 is 0 Å². The van der Waals surface area contributed by atoms with Gasteiger partial charge in [-0.15, -0.1) is 0 Å². The van der Waals surface area contributed by atoms with Gasteiger partial charge in [-0.2, -0.15) is 0 Å². The van der Waals surface area contributed by atoms with Crippen LogP contribution in [0, 0.1) is 68.5 Å². The van der Waals surface area contributed by atoms with Crippen molar-refractivity contribution in [1.82, 2.24) is 0 Å². The first-order valence-corrected chi connectivity index (χ1v) is 20.8. The molecule has 5 rings (SSSR count). The first-order chi connectivity index (χ1) is 24.1. The molecule has 0 radical (unpaired) electrons. The van der Waals surface area contributed by atoms with Crippen molar-refractivity contribution < 1.29 is 38.1 Å². The molecule has 5 fully saturated rings. The minimum absolute atomic E-state index is 0.281. The van der Waals surface area contributed by atoms with Crippen LogP contribution in [-0.4, -0.2) is 48.8 Å². The third-order valence-corrected chi connectivity index (χ3v) is 16.8. The fourth-order valence-corrected chi connectivity index (χ4v) is 14.9. The SMILES string of the molecule is CC(=O)OC[C@H](OC(C)=O)[C@H](OC(C)=O)[C@@H](CC[C@@H](C)[C@H]1CC[C@]2(C)[C@H]3[C@@H](C)C[C@@H]4[C@@]5(C)CCCC(C)(C)[C@@H]5CC[C@@]4(C)[C@]3(C)CC[C@@H]12)OC(C)=O. The predicted octanol–water partition coefficient (Wildman–Crippen LogP) is 9.50. The van der Waals surface area contributed by atoms with E-state index in [1.165, 1.54) is 91.9 Å². The molecule has 296 valence electrons. The van der Waals surface area contributed by atoms with Crippen molar-refractivity contribution >= 4 is 23.9 Å². The topological polar surface area (TPSA) is 105 Å². The first-order valence-electron chi connectivity index (χ1n) is 20.8. The number of fused-ring (bicyclic) bond motifs is 7. The molecule has 8 nitrogen and oxygen atoms in total. The second-order valence-electron chi connectivity index (χ2n) is 20.1. The van der Waals surface area contributed by atoms with E-state index in [9.17, 15) is 19.2 Å². The van der Waals surface area contributed by atoms with Crippen LogP contribution in [0.5, 0.6) is 0 Å². The molecule has 0 amide bonds. The molecule has 5 saturated carbocycles. The maximum absolute atomic E-state index is 12.4. The lowest BCUT2D eigenvalue weighted by atomic mass is 9.30. The highest BCUT2D eigenvalue weighted by molar-refractivity contribution is 5.68. The van der Waals surface area contributed by atoms with E-state index in [2.05, 4.69) is 55.4 Å². The van der Waals surface area contributed by atoms with Crippen LogP contribution in [0.25, 0.3) is 0 Å². The van der Waals surface area contributed by atoms with Crippen LogP contribution >= 0.6 is 0 Å². The number of carbonyl (C=O) groups excluding carboxylic acids is 4. The third-order valence-electron chi connectivity index (χ3n) is 16.8. The Kier molecular flexibility index (Phi) is 11.7. The van der Waals surface area contributed by atoms with Gasteiger partial charge in [-0.3, -0.25) is 19.2 Å². The van der Waals surface area contributed by atoms with E-state index in [1.807, 2.05) is 0 Å². The van der Waals surface area contributed by atoms with Crippen molar-refractivity contribution in [2.24, 2.45) is 68.5 Å². The van der Waals surface area contributed by atoms with Crippen LogP contribution in [0.2, 0.25) is 0 Å². The molecule has 0 spiro atoms. The van der Waals surface area contributed by atoms with Gasteiger partial charge in [0.05, 0.1) is 0 Å². The largest absolute Gasteiger partial charge is 0.462 e. The molecule has 0 aromatic carbocycles. The van der Waals surface area contributed by atoms with Crippen molar-refractivity contribution in [3.05, 3.63) is 0 Å². The summed E-state index contributed by atoms with van der Waals surface area (Å²) in [4.78, 5) is 48.4. The van der Waals surface area contributed by atoms with Crippen molar-refractivity contribution in [1.29, 1.82) is 0 Å². The maximum Gasteiger partial charge on any atom is 0.303 e. The molecule has 0 heterocycles. The molecule has 52 heavy (non-hydrogen) atoms. The Morgan fingerprint density at radius 2 is 1.27 bits per heavy atom. The molecule has 0 unspecified atom stereocenters. The Morgan fingerprint density at radius 3 is 1.88 bits per heavy atom. The summed E-state index contributed by atoms with van der Waals surface area (Å²) < 4.78 is 22.1. The smallest absolute Gasteiger partial charge is 0.303 e. The average Bonchev–Trinajstić information content (AvgIpc) is 3.37. The van der Waals surface area contributed by atoms with Crippen LogP contribution in [-0.2, 0) is 38.1 Å². The quantitative estimate of drug-likeness (QED) is 0.153. The van der Waals surface area contributed by atoms with Crippen molar-refractivity contribution in [3.8, 4) is 0 Å². The molecular weight excluding hydrogens is 656 g/mol. The van der Waals surface area contributed by atoms with E-state index in [0.29, 0.717) is 57.7 Å². The van der Waals surface area contributed by atoms with E-state index >= 15 is 0 Å². The van der Waals surface area contributed by atoms with E-state index in [0.717, 1.165) is 18.3 Å². The standard InChI is InChI=1S/C44H72O8/c1-26(14-15-34(50-29(4)46)38(52-31(6)48)35(51-30(5)47)25-49-28(3)45)32-16-21-41(9)33(32)17-22-44(12)39(41)27(2)24-37-42(10)20-13-19-40(7,8)36(42)18-23-43(37,44)11/h26-27,32-39H,13-25H2,1-12H3/t26-,27+,32-,33+,34-,35+,36+,37-,38-,39-,41+,42+,43-,44-/m1/s1. The van der Waals surface area contributed by atoms with Gasteiger partial charge in [0.2, 0.25) is 0 Å². The molecule has 14 atom stereocenters. The Morgan fingerprint density at radius 1 is 0.654 bits per heavy atom. The van der Waals surface area contributed by atoms with Gasteiger partial charge in [0.25, 0.3) is 0 Å². The second kappa shape index (κ2) is 14.8. The van der Waals surface area contributed by atoms with Crippen molar-refractivity contribution in [2.45, 2.75) is 178 Å². The predicted molar refractivity (Wildman–Crippen MR) is 201 cm³/mol. The highest BCUT2D eigenvalue weighted by atomic mass is 16.6. The Balaban J connectivity index is 1.36. The molecule has 5 aliphatic rings. The van der Waals surface area contributed by atoms with Gasteiger partial charge in [-0.1, -0.05) is 61.8 Å². The zero-order valence-electron chi connectivity index (χ0n) is 34.7. The van der Waals surface area contributed by atoms with E-state index < -0.39 is 42.2 Å². The summed E-state index contributed by atoms with van der Waals surface area (Å²) in [6.45, 7) is 25.7. The lowest BCUT2D eigenvalue weighted by molar-refractivity contribution is -0.257. The van der Waals surface area contributed by atoms with Crippen LogP contribution in [0.4, 0.5) is 0 Å². The first kappa shape index (κ1) is 41.1. The van der Waals surface area contributed by atoms with Crippen LogP contribution in [0.1, 0.15) is 160 Å². The van der Waals surface area contributed by atoms with Gasteiger partial charge in [0.1, 0.15) is 12.7 Å². The van der Waals surface area contributed by atoms with Crippen molar-refractivity contribution in [2.75, 3.05) is 6.61 Å². The zero-order chi connectivity index (χ0) is 38.6. The summed E-state index contributed by atoms with van der Waals surface area (Å²) >= 11 is 0. The summed E-state index contributed by atoms with van der Waals surface area (Å²) in [5, 5.41) is 0. The second-order valence-corrected chi connectivity index (χ2v) is 20.1. The number of esters is 4. The minimum atomic E-state index is -1.11.